The summed E-state index contributed by atoms with van der Waals surface area (Å²) in [6, 6.07) is 15.7. The molecule has 24 heavy (non-hydrogen) atoms. The van der Waals surface area contributed by atoms with E-state index in [0.29, 0.717) is 13.1 Å². The second kappa shape index (κ2) is 7.25. The molecule has 5 nitrogen and oxygen atoms in total. The Kier molecular flexibility index (Phi) is 4.89. The first-order chi connectivity index (χ1) is 11.7. The second-order valence-electron chi connectivity index (χ2n) is 5.92. The van der Waals surface area contributed by atoms with E-state index in [9.17, 15) is 4.79 Å². The molecule has 1 saturated heterocycles. The van der Waals surface area contributed by atoms with Gasteiger partial charge in [-0.1, -0.05) is 24.3 Å². The number of carbonyl (C=O) groups is 1. The number of urea groups is 1. The number of benzene rings is 2. The summed E-state index contributed by atoms with van der Waals surface area (Å²) in [5.41, 5.74) is 3.28. The number of aryl methyl sites for hydroxylation is 1. The molecule has 0 saturated carbocycles. The van der Waals surface area contributed by atoms with Gasteiger partial charge < -0.3 is 19.9 Å². The molecule has 2 aromatic rings. The minimum absolute atomic E-state index is 0.0623. The highest BCUT2D eigenvalue weighted by Gasteiger charge is 2.22. The second-order valence-corrected chi connectivity index (χ2v) is 5.92. The van der Waals surface area contributed by atoms with Crippen LogP contribution in [0.5, 0.6) is 5.75 Å². The number of para-hydroxylation sites is 1. The van der Waals surface area contributed by atoms with E-state index >= 15 is 0 Å². The van der Waals surface area contributed by atoms with Crippen molar-refractivity contribution in [3.8, 4) is 5.75 Å². The summed E-state index contributed by atoms with van der Waals surface area (Å²) in [5, 5.41) is 2.94. The molecule has 1 N–H and O–H groups in total. The van der Waals surface area contributed by atoms with Crippen LogP contribution in [-0.2, 0) is 0 Å². The maximum Gasteiger partial charge on any atom is 0.321 e. The molecular formula is C19H23N3O2. The predicted octanol–water partition coefficient (Wildman–Crippen LogP) is 3.36. The number of rotatable bonds is 3. The highest BCUT2D eigenvalue weighted by molar-refractivity contribution is 5.89. The van der Waals surface area contributed by atoms with E-state index in [1.54, 1.807) is 7.11 Å². The van der Waals surface area contributed by atoms with Gasteiger partial charge in [0.05, 0.1) is 7.11 Å². The molecule has 0 aromatic heterocycles. The molecule has 5 heteroatoms. The lowest BCUT2D eigenvalue weighted by Crippen LogP contribution is -2.50. The Bertz CT molecular complexity index is 709. The van der Waals surface area contributed by atoms with Gasteiger partial charge >= 0.3 is 6.03 Å². The number of ether oxygens (including phenoxy) is 1. The zero-order valence-electron chi connectivity index (χ0n) is 14.2. The van der Waals surface area contributed by atoms with Gasteiger partial charge in [-0.3, -0.25) is 0 Å². The van der Waals surface area contributed by atoms with Crippen LogP contribution in [0.2, 0.25) is 0 Å². The molecule has 0 spiro atoms. The normalized spacial score (nSPS) is 14.4. The van der Waals surface area contributed by atoms with Crippen LogP contribution in [0.3, 0.4) is 0 Å². The van der Waals surface area contributed by atoms with Crippen LogP contribution in [0.4, 0.5) is 16.2 Å². The molecule has 2 amide bonds. The van der Waals surface area contributed by atoms with E-state index in [0.717, 1.165) is 24.5 Å². The van der Waals surface area contributed by atoms with Crippen LogP contribution in [0.25, 0.3) is 0 Å². The first-order valence-electron chi connectivity index (χ1n) is 8.18. The molecule has 1 heterocycles. The van der Waals surface area contributed by atoms with E-state index < -0.39 is 0 Å². The summed E-state index contributed by atoms with van der Waals surface area (Å²) in [6.07, 6.45) is 0. The van der Waals surface area contributed by atoms with Gasteiger partial charge in [-0.05, 0) is 30.7 Å². The lowest BCUT2D eigenvalue weighted by atomic mass is 10.1. The minimum atomic E-state index is -0.0623. The Morgan fingerprint density at radius 2 is 1.79 bits per heavy atom. The number of nitrogens with one attached hydrogen (secondary N) is 1. The lowest BCUT2D eigenvalue weighted by molar-refractivity contribution is 0.208. The van der Waals surface area contributed by atoms with Gasteiger partial charge in [0.2, 0.25) is 0 Å². The third kappa shape index (κ3) is 3.62. The molecular weight excluding hydrogens is 302 g/mol. The lowest BCUT2D eigenvalue weighted by Gasteiger charge is -2.36. The summed E-state index contributed by atoms with van der Waals surface area (Å²) in [6.45, 7) is 5.23. The highest BCUT2D eigenvalue weighted by atomic mass is 16.5. The average molecular weight is 325 g/mol. The van der Waals surface area contributed by atoms with E-state index in [4.69, 9.17) is 4.74 Å². The molecule has 0 unspecified atom stereocenters. The minimum Gasteiger partial charge on any atom is -0.497 e. The molecule has 3 rings (SSSR count). The maximum atomic E-state index is 12.4. The summed E-state index contributed by atoms with van der Waals surface area (Å²) >= 11 is 0. The number of hydrogen-bond acceptors (Lipinski definition) is 3. The van der Waals surface area contributed by atoms with Crippen molar-refractivity contribution in [3.63, 3.8) is 0 Å². The Hall–Kier alpha value is -2.69. The number of piperazine rings is 1. The number of carbonyl (C=O) groups excluding carboxylic acids is 1. The van der Waals surface area contributed by atoms with E-state index in [2.05, 4.69) is 41.4 Å². The van der Waals surface area contributed by atoms with E-state index in [1.807, 2.05) is 29.2 Å². The van der Waals surface area contributed by atoms with Crippen molar-refractivity contribution in [1.29, 1.82) is 0 Å². The smallest absolute Gasteiger partial charge is 0.321 e. The van der Waals surface area contributed by atoms with Crippen LogP contribution >= 0.6 is 0 Å². The van der Waals surface area contributed by atoms with Crippen molar-refractivity contribution in [1.82, 2.24) is 4.90 Å². The number of hydrogen-bond donors (Lipinski definition) is 1. The topological polar surface area (TPSA) is 44.8 Å². The maximum absolute atomic E-state index is 12.4. The van der Waals surface area contributed by atoms with Crippen molar-refractivity contribution in [2.75, 3.05) is 43.5 Å². The van der Waals surface area contributed by atoms with Gasteiger partial charge in [-0.2, -0.15) is 0 Å². The fourth-order valence-corrected chi connectivity index (χ4v) is 2.97. The van der Waals surface area contributed by atoms with Gasteiger partial charge in [0, 0.05) is 43.6 Å². The first-order valence-corrected chi connectivity index (χ1v) is 8.18. The fourth-order valence-electron chi connectivity index (χ4n) is 2.97. The highest BCUT2D eigenvalue weighted by Crippen LogP contribution is 2.21. The van der Waals surface area contributed by atoms with Crippen LogP contribution in [-0.4, -0.2) is 44.2 Å². The SMILES string of the molecule is COc1cccc(NC(=O)N2CCN(c3ccccc3C)CC2)c1. The quantitative estimate of drug-likeness (QED) is 0.941. The molecule has 0 radical (unpaired) electrons. The van der Waals surface area contributed by atoms with Crippen LogP contribution in [0, 0.1) is 6.92 Å². The number of anilines is 2. The first kappa shape index (κ1) is 16.2. The predicted molar refractivity (Wildman–Crippen MR) is 97.0 cm³/mol. The Morgan fingerprint density at radius 1 is 1.04 bits per heavy atom. The molecule has 0 atom stereocenters. The van der Waals surface area contributed by atoms with Crippen LogP contribution in [0.1, 0.15) is 5.56 Å². The Labute approximate surface area is 142 Å². The average Bonchev–Trinajstić information content (AvgIpc) is 2.62. The van der Waals surface area contributed by atoms with Crippen molar-refractivity contribution >= 4 is 17.4 Å². The van der Waals surface area contributed by atoms with Crippen molar-refractivity contribution < 1.29 is 9.53 Å². The van der Waals surface area contributed by atoms with Gasteiger partial charge in [0.25, 0.3) is 0 Å². The monoisotopic (exact) mass is 325 g/mol. The van der Waals surface area contributed by atoms with Gasteiger partial charge in [0.15, 0.2) is 0 Å². The van der Waals surface area contributed by atoms with Gasteiger partial charge in [-0.25, -0.2) is 4.79 Å². The standard InChI is InChI=1S/C19H23N3O2/c1-15-6-3-4-9-18(15)21-10-12-22(13-11-21)19(23)20-16-7-5-8-17(14-16)24-2/h3-9,14H,10-13H2,1-2H3,(H,20,23). The molecule has 0 bridgehead atoms. The third-order valence-electron chi connectivity index (χ3n) is 4.34. The largest absolute Gasteiger partial charge is 0.497 e. The number of amides is 2. The number of methoxy groups -OCH3 is 1. The zero-order valence-corrected chi connectivity index (χ0v) is 14.2. The van der Waals surface area contributed by atoms with Crippen molar-refractivity contribution in [2.24, 2.45) is 0 Å². The Morgan fingerprint density at radius 3 is 2.50 bits per heavy atom. The molecule has 126 valence electrons. The van der Waals surface area contributed by atoms with E-state index in [-0.39, 0.29) is 6.03 Å². The molecule has 0 aliphatic carbocycles. The third-order valence-corrected chi connectivity index (χ3v) is 4.34. The van der Waals surface area contributed by atoms with Crippen LogP contribution in [0.15, 0.2) is 48.5 Å². The Balaban J connectivity index is 1.58. The van der Waals surface area contributed by atoms with Gasteiger partial charge in [-0.15, -0.1) is 0 Å². The molecule has 1 aliphatic rings. The molecule has 2 aromatic carbocycles. The number of nitrogens with zero attached hydrogens (tertiary/aromatic N) is 2. The van der Waals surface area contributed by atoms with E-state index in [1.165, 1.54) is 11.3 Å². The summed E-state index contributed by atoms with van der Waals surface area (Å²) in [7, 11) is 1.62. The van der Waals surface area contributed by atoms with Crippen molar-refractivity contribution in [2.45, 2.75) is 6.92 Å². The van der Waals surface area contributed by atoms with Crippen LogP contribution < -0.4 is 15.0 Å². The molecule has 1 aliphatic heterocycles. The van der Waals surface area contributed by atoms with Gasteiger partial charge in [0.1, 0.15) is 5.75 Å². The summed E-state index contributed by atoms with van der Waals surface area (Å²) < 4.78 is 5.18. The van der Waals surface area contributed by atoms with Crippen molar-refractivity contribution in [3.05, 3.63) is 54.1 Å². The fraction of sp³-hybridized carbons (Fsp3) is 0.316. The summed E-state index contributed by atoms with van der Waals surface area (Å²) in [5.74, 6) is 0.733. The zero-order chi connectivity index (χ0) is 16.9. The summed E-state index contributed by atoms with van der Waals surface area (Å²) in [4.78, 5) is 16.6. The molecule has 1 fully saturated rings.